The minimum atomic E-state index is 0.225. The van der Waals surface area contributed by atoms with Crippen LogP contribution in [0, 0.1) is 0 Å². The fraction of sp³-hybridized carbons (Fsp3) is 0.143. The summed E-state index contributed by atoms with van der Waals surface area (Å²) in [6.07, 6.45) is 0. The Labute approximate surface area is 114 Å². The average Bonchev–Trinajstić information content (AvgIpc) is 2.38. The monoisotopic (exact) mass is 308 g/mol. The van der Waals surface area contributed by atoms with Crippen molar-refractivity contribution in [3.63, 3.8) is 0 Å². The van der Waals surface area contributed by atoms with E-state index in [0.29, 0.717) is 18.1 Å². The maximum atomic E-state index is 9.31. The summed E-state index contributed by atoms with van der Waals surface area (Å²) in [5.74, 6) is 1.62. The van der Waals surface area contributed by atoms with Crippen LogP contribution in [0.15, 0.2) is 46.9 Å². The van der Waals surface area contributed by atoms with Crippen LogP contribution in [0.25, 0.3) is 0 Å². The maximum Gasteiger partial charge on any atom is 0.161 e. The van der Waals surface area contributed by atoms with Gasteiger partial charge in [0, 0.05) is 10.0 Å². The topological polar surface area (TPSA) is 38.7 Å². The van der Waals surface area contributed by atoms with Gasteiger partial charge < -0.3 is 14.6 Å². The summed E-state index contributed by atoms with van der Waals surface area (Å²) in [6.45, 7) is 0.404. The Morgan fingerprint density at radius 1 is 1.11 bits per heavy atom. The molecule has 0 heterocycles. The lowest BCUT2D eigenvalue weighted by molar-refractivity contribution is 0.284. The van der Waals surface area contributed by atoms with Crippen LogP contribution in [0.2, 0.25) is 0 Å². The lowest BCUT2D eigenvalue weighted by Crippen LogP contribution is -1.98. The third-order valence-corrected chi connectivity index (χ3v) is 3.23. The highest BCUT2D eigenvalue weighted by molar-refractivity contribution is 9.10. The molecule has 0 fully saturated rings. The van der Waals surface area contributed by atoms with E-state index in [2.05, 4.69) is 15.9 Å². The number of para-hydroxylation sites is 2. The second kappa shape index (κ2) is 5.78. The summed E-state index contributed by atoms with van der Waals surface area (Å²) in [5.41, 5.74) is 0.957. The van der Waals surface area contributed by atoms with Gasteiger partial charge in [0.25, 0.3) is 0 Å². The van der Waals surface area contributed by atoms with E-state index in [-0.39, 0.29) is 5.75 Å². The SMILES string of the molecule is COc1ccccc1OCc1ccc(O)cc1Br. The number of phenolic OH excluding ortho intramolecular Hbond substituents is 1. The Balaban J connectivity index is 2.11. The van der Waals surface area contributed by atoms with Crippen LogP contribution in [0.3, 0.4) is 0 Å². The lowest BCUT2D eigenvalue weighted by atomic mass is 10.2. The first kappa shape index (κ1) is 12.8. The molecule has 2 aromatic carbocycles. The summed E-state index contributed by atoms with van der Waals surface area (Å²) in [4.78, 5) is 0. The predicted molar refractivity (Wildman–Crippen MR) is 73.1 cm³/mol. The summed E-state index contributed by atoms with van der Waals surface area (Å²) < 4.78 is 11.7. The van der Waals surface area contributed by atoms with Gasteiger partial charge in [-0.1, -0.05) is 34.1 Å². The van der Waals surface area contributed by atoms with E-state index in [4.69, 9.17) is 9.47 Å². The Bertz CT molecular complexity index is 540. The van der Waals surface area contributed by atoms with Crippen LogP contribution < -0.4 is 9.47 Å². The van der Waals surface area contributed by atoms with Gasteiger partial charge in [-0.05, 0) is 24.3 Å². The molecule has 0 atom stereocenters. The number of benzene rings is 2. The van der Waals surface area contributed by atoms with Crippen molar-refractivity contribution >= 4 is 15.9 Å². The van der Waals surface area contributed by atoms with Crippen molar-refractivity contribution in [3.8, 4) is 17.2 Å². The zero-order valence-electron chi connectivity index (χ0n) is 9.89. The van der Waals surface area contributed by atoms with Crippen molar-refractivity contribution in [2.45, 2.75) is 6.61 Å². The second-order valence-corrected chi connectivity index (χ2v) is 4.57. The number of hydrogen-bond donors (Lipinski definition) is 1. The van der Waals surface area contributed by atoms with Gasteiger partial charge in [0.2, 0.25) is 0 Å². The molecule has 0 saturated carbocycles. The molecule has 0 unspecified atom stereocenters. The number of aromatic hydroxyl groups is 1. The molecule has 0 radical (unpaired) electrons. The molecule has 0 aromatic heterocycles. The molecule has 0 bridgehead atoms. The lowest BCUT2D eigenvalue weighted by Gasteiger charge is -2.11. The molecular formula is C14H13BrO3. The van der Waals surface area contributed by atoms with E-state index in [1.807, 2.05) is 30.3 Å². The van der Waals surface area contributed by atoms with Crippen molar-refractivity contribution in [1.82, 2.24) is 0 Å². The predicted octanol–water partition coefficient (Wildman–Crippen LogP) is 3.74. The Hall–Kier alpha value is -1.68. The van der Waals surface area contributed by atoms with E-state index >= 15 is 0 Å². The van der Waals surface area contributed by atoms with Gasteiger partial charge in [0.1, 0.15) is 12.4 Å². The van der Waals surface area contributed by atoms with Crippen LogP contribution in [0.5, 0.6) is 17.2 Å². The van der Waals surface area contributed by atoms with Gasteiger partial charge in [-0.3, -0.25) is 0 Å². The minimum absolute atomic E-state index is 0.225. The molecule has 0 aliphatic carbocycles. The smallest absolute Gasteiger partial charge is 0.161 e. The number of halogens is 1. The molecule has 0 aliphatic rings. The van der Waals surface area contributed by atoms with Crippen molar-refractivity contribution in [2.75, 3.05) is 7.11 Å². The van der Waals surface area contributed by atoms with E-state index < -0.39 is 0 Å². The summed E-state index contributed by atoms with van der Waals surface area (Å²) in [5, 5.41) is 9.31. The highest BCUT2D eigenvalue weighted by Gasteiger charge is 2.05. The molecule has 3 nitrogen and oxygen atoms in total. The summed E-state index contributed by atoms with van der Waals surface area (Å²) in [6, 6.07) is 12.6. The van der Waals surface area contributed by atoms with E-state index in [1.54, 1.807) is 19.2 Å². The number of phenols is 1. The number of methoxy groups -OCH3 is 1. The fourth-order valence-electron chi connectivity index (χ4n) is 1.55. The van der Waals surface area contributed by atoms with Gasteiger partial charge in [-0.15, -0.1) is 0 Å². The Morgan fingerprint density at radius 3 is 2.50 bits per heavy atom. The zero-order chi connectivity index (χ0) is 13.0. The highest BCUT2D eigenvalue weighted by atomic mass is 79.9. The molecule has 0 aliphatic heterocycles. The van der Waals surface area contributed by atoms with Gasteiger partial charge in [-0.2, -0.15) is 0 Å². The number of ether oxygens (including phenoxy) is 2. The van der Waals surface area contributed by atoms with Crippen LogP contribution >= 0.6 is 15.9 Å². The molecule has 0 spiro atoms. The standard InChI is InChI=1S/C14H13BrO3/c1-17-13-4-2-3-5-14(13)18-9-10-6-7-11(16)8-12(10)15/h2-8,16H,9H2,1H3. The van der Waals surface area contributed by atoms with E-state index in [9.17, 15) is 5.11 Å². The molecule has 94 valence electrons. The van der Waals surface area contributed by atoms with E-state index in [0.717, 1.165) is 10.0 Å². The van der Waals surface area contributed by atoms with Crippen molar-refractivity contribution in [1.29, 1.82) is 0 Å². The van der Waals surface area contributed by atoms with Crippen molar-refractivity contribution < 1.29 is 14.6 Å². The first-order valence-electron chi connectivity index (χ1n) is 5.44. The second-order valence-electron chi connectivity index (χ2n) is 3.72. The largest absolute Gasteiger partial charge is 0.508 e. The van der Waals surface area contributed by atoms with Crippen LogP contribution in [0.1, 0.15) is 5.56 Å². The van der Waals surface area contributed by atoms with E-state index in [1.165, 1.54) is 0 Å². The molecule has 0 amide bonds. The molecule has 18 heavy (non-hydrogen) atoms. The third kappa shape index (κ3) is 2.96. The maximum absolute atomic E-state index is 9.31. The van der Waals surface area contributed by atoms with Gasteiger partial charge >= 0.3 is 0 Å². The van der Waals surface area contributed by atoms with Crippen LogP contribution in [0.4, 0.5) is 0 Å². The van der Waals surface area contributed by atoms with Gasteiger partial charge in [0.05, 0.1) is 7.11 Å². The minimum Gasteiger partial charge on any atom is -0.508 e. The number of rotatable bonds is 4. The van der Waals surface area contributed by atoms with Gasteiger partial charge in [0.15, 0.2) is 11.5 Å². The fourth-order valence-corrected chi connectivity index (χ4v) is 2.03. The summed E-state index contributed by atoms with van der Waals surface area (Å²) >= 11 is 3.38. The summed E-state index contributed by atoms with van der Waals surface area (Å²) in [7, 11) is 1.61. The molecule has 4 heteroatoms. The average molecular weight is 309 g/mol. The van der Waals surface area contributed by atoms with Crippen molar-refractivity contribution in [3.05, 3.63) is 52.5 Å². The normalized spacial score (nSPS) is 10.1. The Kier molecular flexibility index (Phi) is 4.10. The molecular weight excluding hydrogens is 296 g/mol. The molecule has 2 rings (SSSR count). The quantitative estimate of drug-likeness (QED) is 0.935. The van der Waals surface area contributed by atoms with Crippen LogP contribution in [-0.4, -0.2) is 12.2 Å². The van der Waals surface area contributed by atoms with Gasteiger partial charge in [-0.25, -0.2) is 0 Å². The molecule has 1 N–H and O–H groups in total. The van der Waals surface area contributed by atoms with Crippen LogP contribution in [-0.2, 0) is 6.61 Å². The molecule has 0 saturated heterocycles. The highest BCUT2D eigenvalue weighted by Crippen LogP contribution is 2.28. The first-order chi connectivity index (χ1) is 8.70. The third-order valence-electron chi connectivity index (χ3n) is 2.49. The van der Waals surface area contributed by atoms with Crippen molar-refractivity contribution in [2.24, 2.45) is 0 Å². The Morgan fingerprint density at radius 2 is 1.83 bits per heavy atom. The number of hydrogen-bond acceptors (Lipinski definition) is 3. The first-order valence-corrected chi connectivity index (χ1v) is 6.23. The molecule has 2 aromatic rings. The zero-order valence-corrected chi connectivity index (χ0v) is 11.5.